The molecule has 21 heavy (non-hydrogen) atoms. The first-order valence-electron chi connectivity index (χ1n) is 7.81. The lowest BCUT2D eigenvalue weighted by molar-refractivity contribution is 0.361. The quantitative estimate of drug-likeness (QED) is 0.940. The van der Waals surface area contributed by atoms with Gasteiger partial charge in [0.15, 0.2) is 0 Å². The van der Waals surface area contributed by atoms with E-state index in [-0.39, 0.29) is 0 Å². The Hall–Kier alpha value is -1.62. The molecule has 3 atom stereocenters. The number of imidazole rings is 1. The van der Waals surface area contributed by atoms with Crippen molar-refractivity contribution in [1.82, 2.24) is 24.6 Å². The molecule has 1 N–H and O–H groups in total. The van der Waals surface area contributed by atoms with Crippen molar-refractivity contribution in [2.75, 3.05) is 0 Å². The van der Waals surface area contributed by atoms with Crippen LogP contribution in [0.4, 0.5) is 0 Å². The predicted octanol–water partition coefficient (Wildman–Crippen LogP) is 2.68. The Morgan fingerprint density at radius 1 is 1.33 bits per heavy atom. The largest absolute Gasteiger partial charge is 0.333 e. The minimum absolute atomic E-state index is 0.327. The third-order valence-corrected chi connectivity index (χ3v) is 4.85. The molecule has 2 aromatic heterocycles. The average Bonchev–Trinajstić information content (AvgIpc) is 3.12. The van der Waals surface area contributed by atoms with Crippen molar-refractivity contribution >= 4 is 0 Å². The molecule has 114 valence electrons. The fraction of sp³-hybridized carbons (Fsp3) is 0.625. The molecule has 0 spiro atoms. The van der Waals surface area contributed by atoms with Crippen LogP contribution in [0.2, 0.25) is 0 Å². The molecule has 2 aromatic rings. The number of hydrogen-bond acceptors (Lipinski definition) is 3. The number of aromatic nitrogens is 4. The lowest BCUT2D eigenvalue weighted by Crippen LogP contribution is -2.35. The fourth-order valence-electron chi connectivity index (χ4n) is 3.78. The minimum atomic E-state index is 0.327. The Balaban J connectivity index is 1.76. The lowest BCUT2D eigenvalue weighted by Gasteiger charge is -2.26. The van der Waals surface area contributed by atoms with Gasteiger partial charge < -0.3 is 9.88 Å². The number of hydrogen-bond donors (Lipinski definition) is 1. The Morgan fingerprint density at radius 2 is 2.14 bits per heavy atom. The number of nitrogens with one attached hydrogen (secondary N) is 1. The molecule has 2 heterocycles. The van der Waals surface area contributed by atoms with Crippen molar-refractivity contribution in [3.05, 3.63) is 35.7 Å². The van der Waals surface area contributed by atoms with Crippen LogP contribution in [-0.4, -0.2) is 25.4 Å². The van der Waals surface area contributed by atoms with Crippen LogP contribution < -0.4 is 5.32 Å². The Bertz CT molecular complexity index is 598. The van der Waals surface area contributed by atoms with Crippen LogP contribution in [0.25, 0.3) is 0 Å². The van der Waals surface area contributed by atoms with E-state index < -0.39 is 0 Å². The zero-order valence-corrected chi connectivity index (χ0v) is 13.4. The summed E-state index contributed by atoms with van der Waals surface area (Å²) in [4.78, 5) is 4.19. The smallest absolute Gasteiger partial charge is 0.0949 e. The van der Waals surface area contributed by atoms with Crippen molar-refractivity contribution < 1.29 is 0 Å². The summed E-state index contributed by atoms with van der Waals surface area (Å²) in [5.74, 6) is 0. The standard InChI is InChI=1S/C16H25N5/c1-11(16-12(2)19-20(4)13(16)3)18-14-6-5-7-15(14)21-9-8-17-10-21/h8-11,14-15,18H,5-7H2,1-4H3. The number of nitrogens with zero attached hydrogens (tertiary/aromatic N) is 4. The van der Waals surface area contributed by atoms with Crippen LogP contribution in [0, 0.1) is 13.8 Å². The molecule has 0 saturated heterocycles. The molecular formula is C16H25N5. The van der Waals surface area contributed by atoms with Gasteiger partial charge in [-0.05, 0) is 40.0 Å². The van der Waals surface area contributed by atoms with Crippen molar-refractivity contribution in [2.45, 2.75) is 58.2 Å². The maximum absolute atomic E-state index is 4.54. The highest BCUT2D eigenvalue weighted by Crippen LogP contribution is 2.32. The van der Waals surface area contributed by atoms with Crippen molar-refractivity contribution in [3.63, 3.8) is 0 Å². The molecule has 0 amide bonds. The number of rotatable bonds is 4. The predicted molar refractivity (Wildman–Crippen MR) is 83.1 cm³/mol. The highest BCUT2D eigenvalue weighted by Gasteiger charge is 2.30. The van der Waals surface area contributed by atoms with Crippen LogP contribution in [0.5, 0.6) is 0 Å². The van der Waals surface area contributed by atoms with Gasteiger partial charge in [0.1, 0.15) is 0 Å². The highest BCUT2D eigenvalue weighted by atomic mass is 15.3. The van der Waals surface area contributed by atoms with Gasteiger partial charge in [-0.1, -0.05) is 0 Å². The molecule has 5 nitrogen and oxygen atoms in total. The van der Waals surface area contributed by atoms with Crippen LogP contribution in [-0.2, 0) is 7.05 Å². The molecule has 0 aromatic carbocycles. The van der Waals surface area contributed by atoms with E-state index in [1.54, 1.807) is 0 Å². The Morgan fingerprint density at radius 3 is 2.76 bits per heavy atom. The summed E-state index contributed by atoms with van der Waals surface area (Å²) in [5, 5.41) is 8.36. The lowest BCUT2D eigenvalue weighted by atomic mass is 10.0. The molecule has 3 unspecified atom stereocenters. The first-order valence-corrected chi connectivity index (χ1v) is 7.81. The maximum atomic E-state index is 4.54. The van der Waals surface area contributed by atoms with E-state index in [0.717, 1.165) is 5.69 Å². The van der Waals surface area contributed by atoms with Gasteiger partial charge in [-0.3, -0.25) is 4.68 Å². The Labute approximate surface area is 126 Å². The van der Waals surface area contributed by atoms with E-state index in [4.69, 9.17) is 0 Å². The summed E-state index contributed by atoms with van der Waals surface area (Å²) in [6.45, 7) is 6.50. The molecule has 0 radical (unpaired) electrons. The molecule has 1 aliphatic rings. The summed E-state index contributed by atoms with van der Waals surface area (Å²) in [6.07, 6.45) is 9.62. The first-order chi connectivity index (χ1) is 10.1. The van der Waals surface area contributed by atoms with E-state index in [9.17, 15) is 0 Å². The minimum Gasteiger partial charge on any atom is -0.333 e. The van der Waals surface area contributed by atoms with E-state index in [1.165, 1.54) is 30.5 Å². The van der Waals surface area contributed by atoms with E-state index >= 15 is 0 Å². The zero-order chi connectivity index (χ0) is 15.0. The van der Waals surface area contributed by atoms with Gasteiger partial charge in [0.25, 0.3) is 0 Å². The van der Waals surface area contributed by atoms with Gasteiger partial charge in [0.05, 0.1) is 12.0 Å². The zero-order valence-electron chi connectivity index (χ0n) is 13.4. The molecule has 1 aliphatic carbocycles. The third kappa shape index (κ3) is 2.62. The molecule has 0 aliphatic heterocycles. The SMILES string of the molecule is Cc1nn(C)c(C)c1C(C)NC1CCCC1n1ccnc1. The summed E-state index contributed by atoms with van der Waals surface area (Å²) in [6, 6.07) is 1.35. The van der Waals surface area contributed by atoms with Crippen LogP contribution in [0.1, 0.15) is 55.2 Å². The van der Waals surface area contributed by atoms with Crippen LogP contribution >= 0.6 is 0 Å². The molecule has 5 heteroatoms. The van der Waals surface area contributed by atoms with Crippen LogP contribution in [0.3, 0.4) is 0 Å². The van der Waals surface area contributed by atoms with E-state index in [2.05, 4.69) is 46.9 Å². The molecule has 1 fully saturated rings. The molecule has 3 rings (SSSR count). The molecule has 0 bridgehead atoms. The second kappa shape index (κ2) is 5.64. The van der Waals surface area contributed by atoms with Crippen molar-refractivity contribution in [3.8, 4) is 0 Å². The second-order valence-corrected chi connectivity index (χ2v) is 6.21. The normalized spacial score (nSPS) is 23.6. The third-order valence-electron chi connectivity index (χ3n) is 4.85. The second-order valence-electron chi connectivity index (χ2n) is 6.21. The van der Waals surface area contributed by atoms with E-state index in [0.29, 0.717) is 18.1 Å². The highest BCUT2D eigenvalue weighted by molar-refractivity contribution is 5.27. The van der Waals surface area contributed by atoms with Gasteiger partial charge in [-0.15, -0.1) is 0 Å². The number of aryl methyl sites for hydroxylation is 2. The van der Waals surface area contributed by atoms with Gasteiger partial charge in [0.2, 0.25) is 0 Å². The summed E-state index contributed by atoms with van der Waals surface area (Å²) >= 11 is 0. The summed E-state index contributed by atoms with van der Waals surface area (Å²) in [7, 11) is 2.02. The first kappa shape index (κ1) is 14.3. The van der Waals surface area contributed by atoms with Gasteiger partial charge in [0, 0.05) is 48.8 Å². The summed E-state index contributed by atoms with van der Waals surface area (Å²) < 4.78 is 4.23. The topological polar surface area (TPSA) is 47.7 Å². The van der Waals surface area contributed by atoms with Gasteiger partial charge >= 0.3 is 0 Å². The van der Waals surface area contributed by atoms with E-state index in [1.807, 2.05) is 24.3 Å². The maximum Gasteiger partial charge on any atom is 0.0949 e. The van der Waals surface area contributed by atoms with Gasteiger partial charge in [-0.25, -0.2) is 4.98 Å². The van der Waals surface area contributed by atoms with Crippen molar-refractivity contribution in [2.24, 2.45) is 7.05 Å². The van der Waals surface area contributed by atoms with Crippen LogP contribution in [0.15, 0.2) is 18.7 Å². The molecule has 1 saturated carbocycles. The monoisotopic (exact) mass is 287 g/mol. The average molecular weight is 287 g/mol. The fourth-order valence-corrected chi connectivity index (χ4v) is 3.78. The molecular weight excluding hydrogens is 262 g/mol. The van der Waals surface area contributed by atoms with Crippen molar-refractivity contribution in [1.29, 1.82) is 0 Å². The Kier molecular flexibility index (Phi) is 3.85. The van der Waals surface area contributed by atoms with Gasteiger partial charge in [-0.2, -0.15) is 5.10 Å². The summed E-state index contributed by atoms with van der Waals surface area (Å²) in [5.41, 5.74) is 3.73.